The van der Waals surface area contributed by atoms with Gasteiger partial charge in [-0.3, -0.25) is 4.79 Å². The highest BCUT2D eigenvalue weighted by atomic mass is 16.5. The number of hydrogen-bond acceptors (Lipinski definition) is 3. The molecule has 0 aromatic heterocycles. The number of ether oxygens (including phenoxy) is 1. The van der Waals surface area contributed by atoms with Gasteiger partial charge in [-0.2, -0.15) is 0 Å². The molecule has 1 N–H and O–H groups in total. The number of hydrogen-bond donors (Lipinski definition) is 1. The first-order valence-electron chi connectivity index (χ1n) is 5.24. The van der Waals surface area contributed by atoms with E-state index in [4.69, 9.17) is 4.74 Å². The van der Waals surface area contributed by atoms with Crippen molar-refractivity contribution < 1.29 is 14.3 Å². The zero-order valence-corrected chi connectivity index (χ0v) is 9.97. The van der Waals surface area contributed by atoms with E-state index in [9.17, 15) is 9.59 Å². The lowest BCUT2D eigenvalue weighted by atomic mass is 10.2. The lowest BCUT2D eigenvalue weighted by molar-refractivity contribution is -0.143. The van der Waals surface area contributed by atoms with Gasteiger partial charge in [0.2, 0.25) is 0 Å². The summed E-state index contributed by atoms with van der Waals surface area (Å²) in [6, 6.07) is 9.05. The first kappa shape index (κ1) is 13.0. The Balaban J connectivity index is 2.24. The van der Waals surface area contributed by atoms with Crippen molar-refractivity contribution in [1.82, 2.24) is 10.2 Å². The maximum atomic E-state index is 11.3. The van der Waals surface area contributed by atoms with Crippen molar-refractivity contribution in [3.05, 3.63) is 35.9 Å². The van der Waals surface area contributed by atoms with Crippen molar-refractivity contribution in [3.8, 4) is 0 Å². The van der Waals surface area contributed by atoms with E-state index in [0.29, 0.717) is 0 Å². The maximum Gasteiger partial charge on any atom is 0.325 e. The Kier molecular flexibility index (Phi) is 5.00. The molecule has 0 atom stereocenters. The van der Waals surface area contributed by atoms with Crippen LogP contribution >= 0.6 is 0 Å². The van der Waals surface area contributed by atoms with Gasteiger partial charge in [0.05, 0.1) is 0 Å². The van der Waals surface area contributed by atoms with Crippen LogP contribution in [0.5, 0.6) is 0 Å². The van der Waals surface area contributed by atoms with Gasteiger partial charge in [-0.1, -0.05) is 30.3 Å². The summed E-state index contributed by atoms with van der Waals surface area (Å²) in [5, 5.41) is 2.43. The van der Waals surface area contributed by atoms with Gasteiger partial charge in [0, 0.05) is 14.1 Å². The number of carbonyl (C=O) groups excluding carboxylic acids is 2. The standard InChI is InChI=1S/C12H16N2O3/c1-14(2)12(16)13-8-11(15)17-9-10-6-4-3-5-7-10/h3-7H,8-9H2,1-2H3,(H,13,16). The van der Waals surface area contributed by atoms with E-state index in [-0.39, 0.29) is 19.2 Å². The minimum atomic E-state index is -0.455. The highest BCUT2D eigenvalue weighted by Gasteiger charge is 2.07. The third-order valence-corrected chi connectivity index (χ3v) is 2.03. The zero-order valence-electron chi connectivity index (χ0n) is 9.97. The molecule has 0 aliphatic heterocycles. The van der Waals surface area contributed by atoms with E-state index in [1.165, 1.54) is 4.90 Å². The summed E-state index contributed by atoms with van der Waals surface area (Å²) in [7, 11) is 3.20. The smallest absolute Gasteiger partial charge is 0.325 e. The van der Waals surface area contributed by atoms with E-state index < -0.39 is 5.97 Å². The van der Waals surface area contributed by atoms with E-state index in [1.54, 1.807) is 14.1 Å². The van der Waals surface area contributed by atoms with Crippen molar-refractivity contribution in [2.45, 2.75) is 6.61 Å². The Morgan fingerprint density at radius 2 is 1.88 bits per heavy atom. The lowest BCUT2D eigenvalue weighted by Gasteiger charge is -2.11. The van der Waals surface area contributed by atoms with Crippen molar-refractivity contribution >= 4 is 12.0 Å². The van der Waals surface area contributed by atoms with Crippen molar-refractivity contribution in [2.75, 3.05) is 20.6 Å². The quantitative estimate of drug-likeness (QED) is 0.793. The molecule has 0 heterocycles. The number of esters is 1. The van der Waals surface area contributed by atoms with Crippen molar-refractivity contribution in [1.29, 1.82) is 0 Å². The van der Waals surface area contributed by atoms with Crippen molar-refractivity contribution in [2.24, 2.45) is 0 Å². The summed E-state index contributed by atoms with van der Waals surface area (Å²) in [4.78, 5) is 23.8. The molecule has 1 aromatic rings. The number of benzene rings is 1. The highest BCUT2D eigenvalue weighted by Crippen LogP contribution is 2.00. The van der Waals surface area contributed by atoms with Crippen LogP contribution in [0.25, 0.3) is 0 Å². The molecule has 0 aliphatic rings. The summed E-state index contributed by atoms with van der Waals surface area (Å²) in [6.45, 7) is 0.0986. The number of amides is 2. The lowest BCUT2D eigenvalue weighted by Crippen LogP contribution is -2.38. The first-order valence-corrected chi connectivity index (χ1v) is 5.24. The molecule has 0 radical (unpaired) electrons. The Morgan fingerprint density at radius 1 is 1.24 bits per heavy atom. The predicted molar refractivity (Wildman–Crippen MR) is 63.3 cm³/mol. The van der Waals surface area contributed by atoms with Crippen LogP contribution in [-0.2, 0) is 16.1 Å². The normalized spacial score (nSPS) is 9.53. The second-order valence-electron chi connectivity index (χ2n) is 3.70. The van der Waals surface area contributed by atoms with Crippen LogP contribution in [0, 0.1) is 0 Å². The van der Waals surface area contributed by atoms with E-state index in [0.717, 1.165) is 5.56 Å². The average Bonchev–Trinajstić information content (AvgIpc) is 2.34. The minimum Gasteiger partial charge on any atom is -0.460 e. The summed E-state index contributed by atoms with van der Waals surface area (Å²) < 4.78 is 4.99. The fourth-order valence-corrected chi connectivity index (χ4v) is 1.09. The monoisotopic (exact) mass is 236 g/mol. The molecule has 5 nitrogen and oxygen atoms in total. The van der Waals surface area contributed by atoms with Crippen LogP contribution in [0.2, 0.25) is 0 Å². The maximum absolute atomic E-state index is 11.3. The molecule has 1 rings (SSSR count). The summed E-state index contributed by atoms with van der Waals surface area (Å²) in [5.41, 5.74) is 0.916. The molecule has 17 heavy (non-hydrogen) atoms. The molecular formula is C12H16N2O3. The van der Waals surface area contributed by atoms with Crippen LogP contribution in [0.1, 0.15) is 5.56 Å². The summed E-state index contributed by atoms with van der Waals surface area (Å²) >= 11 is 0. The van der Waals surface area contributed by atoms with Gasteiger partial charge in [0.15, 0.2) is 0 Å². The van der Waals surface area contributed by atoms with E-state index >= 15 is 0 Å². The average molecular weight is 236 g/mol. The predicted octanol–water partition coefficient (Wildman–Crippen LogP) is 1.00. The molecule has 0 saturated carbocycles. The highest BCUT2D eigenvalue weighted by molar-refractivity contribution is 5.80. The van der Waals surface area contributed by atoms with Crippen LogP contribution in [0.4, 0.5) is 4.79 Å². The van der Waals surface area contributed by atoms with E-state index in [2.05, 4.69) is 5.32 Å². The number of nitrogens with zero attached hydrogens (tertiary/aromatic N) is 1. The molecule has 0 bridgehead atoms. The molecular weight excluding hydrogens is 220 g/mol. The fraction of sp³-hybridized carbons (Fsp3) is 0.333. The Hall–Kier alpha value is -2.04. The molecule has 0 saturated heterocycles. The van der Waals surface area contributed by atoms with Gasteiger partial charge in [0.25, 0.3) is 0 Å². The second-order valence-corrected chi connectivity index (χ2v) is 3.70. The molecule has 0 unspecified atom stereocenters. The van der Waals surface area contributed by atoms with Crippen LogP contribution < -0.4 is 5.32 Å². The Morgan fingerprint density at radius 3 is 2.47 bits per heavy atom. The van der Waals surface area contributed by atoms with Gasteiger partial charge < -0.3 is 15.0 Å². The minimum absolute atomic E-state index is 0.121. The topological polar surface area (TPSA) is 58.6 Å². The molecule has 0 spiro atoms. The van der Waals surface area contributed by atoms with Crippen molar-refractivity contribution in [3.63, 3.8) is 0 Å². The third-order valence-electron chi connectivity index (χ3n) is 2.03. The van der Waals surface area contributed by atoms with E-state index in [1.807, 2.05) is 30.3 Å². The van der Waals surface area contributed by atoms with Gasteiger partial charge in [0.1, 0.15) is 13.2 Å². The largest absolute Gasteiger partial charge is 0.460 e. The Bertz CT molecular complexity index is 377. The van der Waals surface area contributed by atoms with Crippen LogP contribution in [0.3, 0.4) is 0 Å². The van der Waals surface area contributed by atoms with Gasteiger partial charge in [-0.05, 0) is 5.56 Å². The van der Waals surface area contributed by atoms with Crippen LogP contribution in [-0.4, -0.2) is 37.5 Å². The molecule has 5 heteroatoms. The summed E-state index contributed by atoms with van der Waals surface area (Å²) in [5.74, 6) is -0.455. The van der Waals surface area contributed by atoms with Gasteiger partial charge >= 0.3 is 12.0 Å². The molecule has 92 valence electrons. The first-order chi connectivity index (χ1) is 8.09. The number of urea groups is 1. The fourth-order valence-electron chi connectivity index (χ4n) is 1.09. The zero-order chi connectivity index (χ0) is 12.7. The van der Waals surface area contributed by atoms with Gasteiger partial charge in [-0.15, -0.1) is 0 Å². The van der Waals surface area contributed by atoms with Crippen LogP contribution in [0.15, 0.2) is 30.3 Å². The number of nitrogens with one attached hydrogen (secondary N) is 1. The second kappa shape index (κ2) is 6.52. The molecule has 0 fully saturated rings. The SMILES string of the molecule is CN(C)C(=O)NCC(=O)OCc1ccccc1. The molecule has 2 amide bonds. The third kappa shape index (κ3) is 5.01. The molecule has 1 aromatic carbocycles. The molecule has 0 aliphatic carbocycles. The summed E-state index contributed by atoms with van der Waals surface area (Å²) in [6.07, 6.45) is 0. The number of carbonyl (C=O) groups is 2. The van der Waals surface area contributed by atoms with Gasteiger partial charge in [-0.25, -0.2) is 4.79 Å². The Labute approximate surface area is 100 Å². The number of rotatable bonds is 4.